The molecule has 0 aliphatic heterocycles. The zero-order valence-corrected chi connectivity index (χ0v) is 8.74. The molecule has 2 aliphatic carbocycles. The summed E-state index contributed by atoms with van der Waals surface area (Å²) in [5.41, 5.74) is 0. The minimum atomic E-state index is -0.182. The van der Waals surface area contributed by atoms with Crippen LogP contribution in [0.25, 0.3) is 0 Å². The Morgan fingerprint density at radius 2 is 1.93 bits per heavy atom. The first-order valence-electron chi connectivity index (χ1n) is 5.66. The fraction of sp³-hybridized carbons (Fsp3) is 0.750. The van der Waals surface area contributed by atoms with Crippen LogP contribution >= 0.6 is 0 Å². The Morgan fingerprint density at radius 3 is 2.36 bits per heavy atom. The van der Waals surface area contributed by atoms with Crippen molar-refractivity contribution in [2.45, 2.75) is 32.6 Å². The molecule has 78 valence electrons. The highest BCUT2D eigenvalue weighted by Gasteiger charge is 2.39. The van der Waals surface area contributed by atoms with Crippen molar-refractivity contribution in [2.75, 3.05) is 6.61 Å². The van der Waals surface area contributed by atoms with Gasteiger partial charge in [-0.25, -0.2) is 4.79 Å². The number of carbonyl (C=O) groups excluding carboxylic acids is 1. The van der Waals surface area contributed by atoms with Crippen molar-refractivity contribution in [1.82, 2.24) is 0 Å². The Balaban J connectivity index is 1.83. The average molecular weight is 194 g/mol. The molecule has 0 N–H and O–H groups in total. The summed E-state index contributed by atoms with van der Waals surface area (Å²) >= 11 is 0. The first-order valence-corrected chi connectivity index (χ1v) is 5.66. The van der Waals surface area contributed by atoms with E-state index in [1.54, 1.807) is 6.08 Å². The summed E-state index contributed by atoms with van der Waals surface area (Å²) in [5.74, 6) is 2.22. The predicted molar refractivity (Wildman–Crippen MR) is 54.7 cm³/mol. The number of allylic oxidation sites excluding steroid dienone is 1. The van der Waals surface area contributed by atoms with Crippen LogP contribution in [0.15, 0.2) is 12.2 Å². The molecule has 0 radical (unpaired) electrons. The molecule has 0 unspecified atom stereocenters. The first-order chi connectivity index (χ1) is 6.81. The molecule has 2 rings (SSSR count). The lowest BCUT2D eigenvalue weighted by molar-refractivity contribution is -0.137. The monoisotopic (exact) mass is 194 g/mol. The molecule has 2 saturated carbocycles. The van der Waals surface area contributed by atoms with Gasteiger partial charge in [0.25, 0.3) is 0 Å². The highest BCUT2D eigenvalue weighted by atomic mass is 16.5. The third-order valence-electron chi connectivity index (χ3n) is 3.07. The van der Waals surface area contributed by atoms with Crippen molar-refractivity contribution < 1.29 is 9.53 Å². The van der Waals surface area contributed by atoms with E-state index < -0.39 is 0 Å². The second-order valence-electron chi connectivity index (χ2n) is 4.36. The Labute approximate surface area is 85.3 Å². The van der Waals surface area contributed by atoms with Crippen molar-refractivity contribution >= 4 is 5.97 Å². The maximum atomic E-state index is 11.1. The van der Waals surface area contributed by atoms with Crippen LogP contribution in [0.2, 0.25) is 0 Å². The van der Waals surface area contributed by atoms with E-state index in [2.05, 4.69) is 6.08 Å². The van der Waals surface area contributed by atoms with E-state index in [0.29, 0.717) is 12.5 Å². The molecule has 0 aromatic rings. The van der Waals surface area contributed by atoms with Crippen LogP contribution in [-0.4, -0.2) is 12.6 Å². The molecule has 2 aliphatic rings. The summed E-state index contributed by atoms with van der Waals surface area (Å²) in [6, 6.07) is 0. The summed E-state index contributed by atoms with van der Waals surface area (Å²) in [7, 11) is 0. The van der Waals surface area contributed by atoms with Crippen LogP contribution in [0.3, 0.4) is 0 Å². The number of ether oxygens (including phenoxy) is 1. The third-order valence-corrected chi connectivity index (χ3v) is 3.07. The summed E-state index contributed by atoms with van der Waals surface area (Å²) in [6.45, 7) is 2.31. The molecule has 2 fully saturated rings. The number of hydrogen-bond acceptors (Lipinski definition) is 2. The second kappa shape index (κ2) is 4.16. The molecule has 0 atom stereocenters. The van der Waals surface area contributed by atoms with Crippen molar-refractivity contribution in [3.63, 3.8) is 0 Å². The van der Waals surface area contributed by atoms with Crippen LogP contribution in [0.1, 0.15) is 32.6 Å². The van der Waals surface area contributed by atoms with Gasteiger partial charge in [0.1, 0.15) is 0 Å². The molecule has 0 spiro atoms. The zero-order valence-electron chi connectivity index (χ0n) is 8.74. The molecule has 0 bridgehead atoms. The number of esters is 1. The minimum absolute atomic E-state index is 0.182. The lowest BCUT2D eigenvalue weighted by Gasteiger charge is -2.08. The smallest absolute Gasteiger partial charge is 0.330 e. The molecule has 0 heterocycles. The van der Waals surface area contributed by atoms with Crippen molar-refractivity contribution in [2.24, 2.45) is 17.8 Å². The van der Waals surface area contributed by atoms with Gasteiger partial charge < -0.3 is 4.74 Å². The van der Waals surface area contributed by atoms with E-state index in [-0.39, 0.29) is 5.97 Å². The van der Waals surface area contributed by atoms with E-state index in [1.807, 2.05) is 6.92 Å². The molecule has 2 nitrogen and oxygen atoms in total. The van der Waals surface area contributed by atoms with Gasteiger partial charge in [0.15, 0.2) is 0 Å². The van der Waals surface area contributed by atoms with Gasteiger partial charge in [-0.1, -0.05) is 6.08 Å². The van der Waals surface area contributed by atoms with Crippen LogP contribution in [0, 0.1) is 17.8 Å². The van der Waals surface area contributed by atoms with Gasteiger partial charge in [-0.2, -0.15) is 0 Å². The molecule has 14 heavy (non-hydrogen) atoms. The standard InChI is InChI=1S/C12H18O2/c1-2-14-12(13)8-7-11(9-3-4-9)10-5-6-10/h7-11H,2-6H2,1H3. The van der Waals surface area contributed by atoms with Gasteiger partial charge in [0.05, 0.1) is 6.61 Å². The van der Waals surface area contributed by atoms with Crippen molar-refractivity contribution in [3.8, 4) is 0 Å². The summed E-state index contributed by atoms with van der Waals surface area (Å²) in [4.78, 5) is 11.1. The topological polar surface area (TPSA) is 26.3 Å². The highest BCUT2D eigenvalue weighted by molar-refractivity contribution is 5.81. The molecular formula is C12H18O2. The molecule has 2 heteroatoms. The second-order valence-corrected chi connectivity index (χ2v) is 4.36. The van der Waals surface area contributed by atoms with E-state index in [0.717, 1.165) is 11.8 Å². The van der Waals surface area contributed by atoms with Crippen LogP contribution in [0.4, 0.5) is 0 Å². The van der Waals surface area contributed by atoms with E-state index in [1.165, 1.54) is 25.7 Å². The Hall–Kier alpha value is -0.790. The van der Waals surface area contributed by atoms with Gasteiger partial charge in [-0.3, -0.25) is 0 Å². The van der Waals surface area contributed by atoms with Crippen LogP contribution < -0.4 is 0 Å². The van der Waals surface area contributed by atoms with E-state index in [9.17, 15) is 4.79 Å². The predicted octanol–water partition coefficient (Wildman–Crippen LogP) is 2.54. The average Bonchev–Trinajstić information content (AvgIpc) is 3.01. The normalized spacial score (nSPS) is 21.9. The fourth-order valence-corrected chi connectivity index (χ4v) is 2.04. The van der Waals surface area contributed by atoms with Crippen LogP contribution in [-0.2, 0) is 9.53 Å². The molecular weight excluding hydrogens is 176 g/mol. The molecule has 0 saturated heterocycles. The highest BCUT2D eigenvalue weighted by Crippen LogP contribution is 2.49. The summed E-state index contributed by atoms with van der Waals surface area (Å²) < 4.78 is 4.87. The quantitative estimate of drug-likeness (QED) is 0.496. The van der Waals surface area contributed by atoms with Crippen molar-refractivity contribution in [3.05, 3.63) is 12.2 Å². The van der Waals surface area contributed by atoms with Gasteiger partial charge in [0.2, 0.25) is 0 Å². The van der Waals surface area contributed by atoms with Gasteiger partial charge in [0, 0.05) is 6.08 Å². The maximum Gasteiger partial charge on any atom is 0.330 e. The van der Waals surface area contributed by atoms with Crippen molar-refractivity contribution in [1.29, 1.82) is 0 Å². The zero-order chi connectivity index (χ0) is 9.97. The molecule has 0 aromatic heterocycles. The SMILES string of the molecule is CCOC(=O)C=CC(C1CC1)C1CC1. The lowest BCUT2D eigenvalue weighted by atomic mass is 9.97. The number of carbonyl (C=O) groups is 1. The third kappa shape index (κ3) is 2.60. The lowest BCUT2D eigenvalue weighted by Crippen LogP contribution is -2.05. The Kier molecular flexibility index (Phi) is 2.90. The fourth-order valence-electron chi connectivity index (χ4n) is 2.04. The summed E-state index contributed by atoms with van der Waals surface area (Å²) in [6.07, 6.45) is 9.14. The number of hydrogen-bond donors (Lipinski definition) is 0. The first kappa shape index (κ1) is 9.75. The maximum absolute atomic E-state index is 11.1. The van der Waals surface area contributed by atoms with Gasteiger partial charge >= 0.3 is 5.97 Å². The van der Waals surface area contributed by atoms with Crippen LogP contribution in [0.5, 0.6) is 0 Å². The molecule has 0 aromatic carbocycles. The van der Waals surface area contributed by atoms with Gasteiger partial charge in [-0.15, -0.1) is 0 Å². The number of rotatable bonds is 5. The molecule has 0 amide bonds. The minimum Gasteiger partial charge on any atom is -0.463 e. The van der Waals surface area contributed by atoms with Gasteiger partial charge in [-0.05, 0) is 50.4 Å². The Bertz CT molecular complexity index is 225. The van der Waals surface area contributed by atoms with E-state index in [4.69, 9.17) is 4.74 Å². The largest absolute Gasteiger partial charge is 0.463 e. The summed E-state index contributed by atoms with van der Waals surface area (Å²) in [5, 5.41) is 0. The Morgan fingerprint density at radius 1 is 1.36 bits per heavy atom. The van der Waals surface area contributed by atoms with E-state index >= 15 is 0 Å².